The standard InChI is InChI=1S/C39H66O55S9.11Na/c1-7-8-9-76-21-23(27(34(42)43)88-39(30(21)92-101(62,63)64)84-17-14(11-78-96(47,48)49)80-35(75-6)31(93-102(65,66)67)24(17)89-98(53,54)55)86-38-32(94-103(68,69)70)25(90-99(56,57)58)18(15(82-38)12-79-97(50,51)52)83-36-28(74-5)20(73-4)22(26(87-36)33(40)41)85-37-29(91-100(59,60)61)19(72-3)16(71-2)13(81-37)10-77-95(44,45)46;;;;;;;;;;;/h13-32,35-39H,7-12H2,1-6H3,(H,40,41)(H,42,43)(H,44,45,46)(H,47,48,49)(H,50,51,52)(H,53,54,55)(H,56,57,58)(H,59,60,61)(H,62,63,64)(H,65,66,67)(H,68,69,70);;;;;;;;;;;/q;11*+1/p-11/t13-,14-,15-,16-,17-,18-,19+,20+,21+,22+,23+,24+,25+,26+,27-,28-,29-,30-,31-,32-,35+,36-,37+,38+,39-;;;;;;;;;;;/m1.........../s1. The summed E-state index contributed by atoms with van der Waals surface area (Å²) >= 11 is 0. The molecule has 5 heterocycles. The molecule has 0 aromatic heterocycles. The van der Waals surface area contributed by atoms with Crippen LogP contribution < -0.4 is 335 Å². The molecular weight excluding hydrogens is 1890 g/mol. The van der Waals surface area contributed by atoms with Crippen molar-refractivity contribution in [2.45, 2.75) is 173 Å². The van der Waals surface area contributed by atoms with Crippen LogP contribution in [0.15, 0.2) is 0 Å². The quantitative estimate of drug-likeness (QED) is 0.0238. The van der Waals surface area contributed by atoms with Gasteiger partial charge < -0.3 is 132 Å². The van der Waals surface area contributed by atoms with Crippen molar-refractivity contribution in [3.8, 4) is 0 Å². The zero-order valence-electron chi connectivity index (χ0n) is 62.8. The number of aliphatic carboxylic acids is 2. The van der Waals surface area contributed by atoms with E-state index in [9.17, 15) is 137 Å². The predicted octanol–water partition coefficient (Wildman–Crippen LogP) is -46.9. The summed E-state index contributed by atoms with van der Waals surface area (Å²) in [5, 5.41) is 26.6. The van der Waals surface area contributed by atoms with E-state index in [-0.39, 0.29) is 338 Å². The van der Waals surface area contributed by atoms with Gasteiger partial charge in [-0.1, -0.05) is 13.3 Å². The van der Waals surface area contributed by atoms with Crippen LogP contribution in [0, 0.1) is 0 Å². The molecule has 5 fully saturated rings. The number of carbonyl (C=O) groups excluding carboxylic acids is 2. The average molecular weight is 1950 g/mol. The average Bonchev–Trinajstić information content (AvgIpc) is 0.754. The SMILES string of the molecule is CCCCO[C@@H]1[C@@H](OS(=O)(=O)[O-])[C@H](O[C@H]2[C@H](OS(=O)(=O)[O-])[C@@H](OS(=O)(=O)[O-])[C@@H](OC)O[C@@H]2COS(=O)(=O)[O-])O[C@@H](C(=O)[O-])[C@H]1O[C@@H]1O[C@H](COS(=O)(=O)[O-])[C@@H](O[C@@H]2O[C@H](C(=O)[O-])[C@@H](O[C@@H]3O[C@H](COS(=O)(=O)[O-])[C@@H](OC)[C@H](OC)[C@H]3OS(=O)(=O)[O-])[C@H](OC)[C@H]2OC)[C@H](OS(=O)(=O)[O-])[C@H]1OS(=O)(=O)[O-].[Na+].[Na+].[Na+].[Na+].[Na+].[Na+].[Na+].[Na+].[Na+].[Na+].[Na+]. The minimum Gasteiger partial charge on any atom is -0.726 e. The van der Waals surface area contributed by atoms with Crippen LogP contribution in [0.5, 0.6) is 0 Å². The van der Waals surface area contributed by atoms with E-state index in [0.29, 0.717) is 21.3 Å². The molecular formula is C39H55Na11O55S9. The number of methoxy groups -OCH3 is 5. The molecule has 55 nitrogen and oxygen atoms in total. The first-order chi connectivity index (χ1) is 47.0. The van der Waals surface area contributed by atoms with E-state index in [1.807, 2.05) is 0 Å². The van der Waals surface area contributed by atoms with Crippen molar-refractivity contribution in [2.75, 3.05) is 62.0 Å². The third-order valence-corrected chi connectivity index (χ3v) is 18.0. The third kappa shape index (κ3) is 44.8. The second-order valence-electron chi connectivity index (χ2n) is 20.6. The molecule has 5 saturated heterocycles. The van der Waals surface area contributed by atoms with Crippen molar-refractivity contribution in [1.29, 1.82) is 0 Å². The summed E-state index contributed by atoms with van der Waals surface area (Å²) in [6.07, 6.45) is -72.7. The van der Waals surface area contributed by atoms with Gasteiger partial charge in [-0.2, -0.15) is 0 Å². The van der Waals surface area contributed by atoms with Crippen molar-refractivity contribution in [3.05, 3.63) is 0 Å². The summed E-state index contributed by atoms with van der Waals surface area (Å²) in [5.74, 6) is -5.38. The molecule has 5 aliphatic rings. The van der Waals surface area contributed by atoms with Gasteiger partial charge in [-0.05, 0) is 6.42 Å². The first-order valence-electron chi connectivity index (χ1n) is 27.3. The van der Waals surface area contributed by atoms with Crippen molar-refractivity contribution >= 4 is 106 Å². The Balaban J connectivity index is -0.00000208. The fourth-order valence-electron chi connectivity index (χ4n) is 10.4. The van der Waals surface area contributed by atoms with E-state index in [0.717, 1.165) is 14.2 Å². The number of carboxylic acids is 2. The van der Waals surface area contributed by atoms with Crippen LogP contribution in [-0.2, 0) is 212 Å². The molecule has 0 radical (unpaired) electrons. The van der Waals surface area contributed by atoms with Crippen LogP contribution in [0.1, 0.15) is 19.8 Å². The van der Waals surface area contributed by atoms with Gasteiger partial charge in [-0.3, -0.25) is 37.6 Å². The van der Waals surface area contributed by atoms with Crippen LogP contribution >= 0.6 is 0 Å². The Labute approximate surface area is 895 Å². The van der Waals surface area contributed by atoms with Crippen molar-refractivity contribution in [3.63, 3.8) is 0 Å². The van der Waals surface area contributed by atoms with E-state index in [4.69, 9.17) is 71.1 Å². The van der Waals surface area contributed by atoms with Gasteiger partial charge in [0.25, 0.3) is 0 Å². The summed E-state index contributed by atoms with van der Waals surface area (Å²) < 4.78 is 450. The molecule has 0 N–H and O–H groups in total. The van der Waals surface area contributed by atoms with Gasteiger partial charge in [0.2, 0.25) is 93.6 Å². The van der Waals surface area contributed by atoms with Crippen LogP contribution in [-0.4, -0.2) is 344 Å². The fraction of sp³-hybridized carbons (Fsp3) is 0.949. The maximum Gasteiger partial charge on any atom is 1.00 e. The number of hydrogen-bond donors (Lipinski definition) is 0. The number of hydrogen-bond acceptors (Lipinski definition) is 55. The Bertz CT molecular complexity index is 3970. The van der Waals surface area contributed by atoms with Gasteiger partial charge in [0.15, 0.2) is 55.9 Å². The molecule has 0 aromatic rings. The molecule has 0 amide bonds. The van der Waals surface area contributed by atoms with Crippen molar-refractivity contribution < 1.29 is 570 Å². The number of carboxylic acid groups (broad SMARTS) is 2. The van der Waals surface area contributed by atoms with Crippen LogP contribution in [0.2, 0.25) is 0 Å². The molecule has 25 atom stereocenters. The van der Waals surface area contributed by atoms with Gasteiger partial charge in [0, 0.05) is 42.2 Å². The number of carbonyl (C=O) groups is 2. The zero-order chi connectivity index (χ0) is 78.3. The summed E-state index contributed by atoms with van der Waals surface area (Å²) in [5.41, 5.74) is 0. The third-order valence-electron chi connectivity index (χ3n) is 14.0. The zero-order valence-corrected chi connectivity index (χ0v) is 92.2. The molecule has 0 spiro atoms. The summed E-state index contributed by atoms with van der Waals surface area (Å²) in [4.78, 5) is 26.6. The normalized spacial score (nSPS) is 32.3. The predicted molar refractivity (Wildman–Crippen MR) is 282 cm³/mol. The molecule has 0 bridgehead atoms. The fourth-order valence-corrected chi connectivity index (χ4v) is 14.2. The van der Waals surface area contributed by atoms with Gasteiger partial charge in [0.05, 0.1) is 31.8 Å². The van der Waals surface area contributed by atoms with Crippen molar-refractivity contribution in [2.24, 2.45) is 0 Å². The van der Waals surface area contributed by atoms with E-state index in [1.165, 1.54) is 6.92 Å². The molecule has 5 aliphatic heterocycles. The van der Waals surface area contributed by atoms with Gasteiger partial charge in [0.1, 0.15) is 97.7 Å². The Morgan fingerprint density at radius 3 is 0.798 bits per heavy atom. The van der Waals surface area contributed by atoms with E-state index >= 15 is 0 Å². The van der Waals surface area contributed by atoms with Gasteiger partial charge in [-0.25, -0.2) is 75.8 Å². The first kappa shape index (κ1) is 135. The number of unbranched alkanes of at least 4 members (excludes halogenated alkanes) is 1. The summed E-state index contributed by atoms with van der Waals surface area (Å²) in [6, 6.07) is 0. The smallest absolute Gasteiger partial charge is 0.726 e. The van der Waals surface area contributed by atoms with Gasteiger partial charge >= 0.3 is 325 Å². The summed E-state index contributed by atoms with van der Waals surface area (Å²) in [6.45, 7) is -4.97. The maximum atomic E-state index is 13.4. The van der Waals surface area contributed by atoms with Crippen LogP contribution in [0.4, 0.5) is 0 Å². The molecule has 0 aliphatic carbocycles. The Morgan fingerprint density at radius 2 is 0.518 bits per heavy atom. The second kappa shape index (κ2) is 58.4. The largest absolute Gasteiger partial charge is 1.00 e. The molecule has 0 saturated carbocycles. The minimum absolute atomic E-state index is 0. The van der Waals surface area contributed by atoms with E-state index in [2.05, 4.69) is 37.6 Å². The molecule has 606 valence electrons. The van der Waals surface area contributed by atoms with E-state index in [1.54, 1.807) is 0 Å². The van der Waals surface area contributed by atoms with Crippen molar-refractivity contribution in [1.82, 2.24) is 0 Å². The molecule has 0 aromatic carbocycles. The summed E-state index contributed by atoms with van der Waals surface area (Å²) in [7, 11) is -53.2. The van der Waals surface area contributed by atoms with Crippen LogP contribution in [0.3, 0.4) is 0 Å². The molecule has 5 rings (SSSR count). The molecule has 114 heavy (non-hydrogen) atoms. The van der Waals surface area contributed by atoms with Gasteiger partial charge in [-0.15, -0.1) is 0 Å². The number of rotatable bonds is 40. The Morgan fingerprint density at radius 1 is 0.281 bits per heavy atom. The first-order valence-corrected chi connectivity index (χ1v) is 39.3. The Hall–Kier alpha value is 8.17. The second-order valence-corrected chi connectivity index (χ2v) is 29.8. The monoisotopic (exact) mass is 1940 g/mol. The Kier molecular flexibility index (Phi) is 69.2. The maximum absolute atomic E-state index is 13.4. The number of ether oxygens (including phenoxy) is 15. The van der Waals surface area contributed by atoms with E-state index < -0.39 is 285 Å². The molecule has 75 heteroatoms. The molecule has 0 unspecified atom stereocenters. The van der Waals surface area contributed by atoms with Crippen LogP contribution in [0.25, 0.3) is 0 Å². The topological polar surface area (TPSA) is 817 Å². The minimum atomic E-state index is -6.72.